The molecular formula is C6H2I3O3S-. The van der Waals surface area contributed by atoms with Gasteiger partial charge in [0.05, 0.1) is 4.90 Å². The Hall–Kier alpha value is 1.32. The SMILES string of the molecule is O=S(=O)([O-])c1c(I)cc(I)cc1I. The average molecular weight is 535 g/mol. The van der Waals surface area contributed by atoms with Gasteiger partial charge in [0.15, 0.2) is 0 Å². The zero-order valence-corrected chi connectivity index (χ0v) is 13.2. The van der Waals surface area contributed by atoms with Gasteiger partial charge in [0.2, 0.25) is 0 Å². The van der Waals surface area contributed by atoms with E-state index in [1.165, 1.54) is 0 Å². The van der Waals surface area contributed by atoms with Crippen molar-refractivity contribution >= 4 is 77.9 Å². The summed E-state index contributed by atoms with van der Waals surface area (Å²) in [4.78, 5) is -0.117. The maximum Gasteiger partial charge on any atom is 0.126 e. The highest BCUT2D eigenvalue weighted by atomic mass is 127. The van der Waals surface area contributed by atoms with E-state index >= 15 is 0 Å². The Morgan fingerprint density at radius 2 is 1.46 bits per heavy atom. The van der Waals surface area contributed by atoms with E-state index in [2.05, 4.69) is 22.6 Å². The van der Waals surface area contributed by atoms with Gasteiger partial charge in [0.1, 0.15) is 10.1 Å². The molecule has 1 rings (SSSR count). The highest BCUT2D eigenvalue weighted by Gasteiger charge is 2.12. The van der Waals surface area contributed by atoms with Gasteiger partial charge in [-0.3, -0.25) is 0 Å². The van der Waals surface area contributed by atoms with Crippen molar-refractivity contribution in [2.24, 2.45) is 0 Å². The fraction of sp³-hybridized carbons (Fsp3) is 0. The third kappa shape index (κ3) is 3.14. The summed E-state index contributed by atoms with van der Waals surface area (Å²) in [6.45, 7) is 0. The van der Waals surface area contributed by atoms with E-state index in [-0.39, 0.29) is 4.90 Å². The van der Waals surface area contributed by atoms with Crippen LogP contribution in [0.1, 0.15) is 0 Å². The van der Waals surface area contributed by atoms with Gasteiger partial charge in [-0.2, -0.15) is 0 Å². The van der Waals surface area contributed by atoms with Crippen LogP contribution in [-0.2, 0) is 10.1 Å². The van der Waals surface area contributed by atoms with Crippen molar-refractivity contribution in [1.82, 2.24) is 0 Å². The fourth-order valence-corrected chi connectivity index (χ4v) is 6.56. The lowest BCUT2D eigenvalue weighted by Gasteiger charge is -2.11. The Bertz CT molecular complexity index is 417. The van der Waals surface area contributed by atoms with Crippen molar-refractivity contribution in [3.05, 3.63) is 22.8 Å². The summed E-state index contributed by atoms with van der Waals surface area (Å²) in [6.07, 6.45) is 0. The standard InChI is InChI=1S/C6H3I3O3S/c7-3-1-4(8)6(5(9)2-3)13(10,11)12/h1-2H,(H,10,11,12)/p-1. The first-order valence-corrected chi connectivity index (χ1v) is 7.57. The lowest BCUT2D eigenvalue weighted by Crippen LogP contribution is -2.04. The quantitative estimate of drug-likeness (QED) is 0.411. The molecule has 13 heavy (non-hydrogen) atoms. The van der Waals surface area contributed by atoms with Crippen LogP contribution >= 0.6 is 67.8 Å². The number of rotatable bonds is 1. The van der Waals surface area contributed by atoms with Crippen molar-refractivity contribution in [2.75, 3.05) is 0 Å². The molecule has 0 aliphatic rings. The summed E-state index contributed by atoms with van der Waals surface area (Å²) in [5.74, 6) is 0. The van der Waals surface area contributed by atoms with E-state index in [4.69, 9.17) is 0 Å². The van der Waals surface area contributed by atoms with Crippen molar-refractivity contribution in [3.63, 3.8) is 0 Å². The third-order valence-electron chi connectivity index (χ3n) is 1.21. The largest absolute Gasteiger partial charge is 0.744 e. The molecule has 0 unspecified atom stereocenters. The molecule has 1 aromatic rings. The minimum atomic E-state index is -4.35. The minimum Gasteiger partial charge on any atom is -0.744 e. The van der Waals surface area contributed by atoms with Crippen LogP contribution in [0.4, 0.5) is 0 Å². The molecule has 0 saturated heterocycles. The molecule has 0 radical (unpaired) electrons. The Kier molecular flexibility index (Phi) is 4.24. The summed E-state index contributed by atoms with van der Waals surface area (Å²) in [5, 5.41) is 0. The van der Waals surface area contributed by atoms with Crippen LogP contribution in [0.2, 0.25) is 0 Å². The van der Waals surface area contributed by atoms with Crippen molar-refractivity contribution in [3.8, 4) is 0 Å². The third-order valence-corrected chi connectivity index (χ3v) is 5.21. The van der Waals surface area contributed by atoms with E-state index in [1.54, 1.807) is 12.1 Å². The monoisotopic (exact) mass is 535 g/mol. The molecule has 0 aromatic heterocycles. The number of benzene rings is 1. The summed E-state index contributed by atoms with van der Waals surface area (Å²) in [6, 6.07) is 3.32. The summed E-state index contributed by atoms with van der Waals surface area (Å²) >= 11 is 5.77. The number of halogens is 3. The van der Waals surface area contributed by atoms with Gasteiger partial charge in [0.25, 0.3) is 0 Å². The van der Waals surface area contributed by atoms with Gasteiger partial charge in [-0.05, 0) is 79.9 Å². The van der Waals surface area contributed by atoms with Gasteiger partial charge >= 0.3 is 0 Å². The number of hydrogen-bond donors (Lipinski definition) is 0. The van der Waals surface area contributed by atoms with Crippen LogP contribution in [0.5, 0.6) is 0 Å². The van der Waals surface area contributed by atoms with E-state index in [0.717, 1.165) is 3.57 Å². The second-order valence-electron chi connectivity index (χ2n) is 2.15. The zero-order chi connectivity index (χ0) is 10.2. The first-order valence-electron chi connectivity index (χ1n) is 2.93. The molecule has 3 nitrogen and oxygen atoms in total. The molecule has 0 aliphatic heterocycles. The van der Waals surface area contributed by atoms with Crippen LogP contribution in [0.3, 0.4) is 0 Å². The zero-order valence-electron chi connectivity index (χ0n) is 5.92. The molecule has 0 heterocycles. The topological polar surface area (TPSA) is 57.2 Å². The smallest absolute Gasteiger partial charge is 0.126 e. The minimum absolute atomic E-state index is 0.117. The van der Waals surface area contributed by atoms with Gasteiger partial charge < -0.3 is 4.55 Å². The molecule has 72 valence electrons. The Balaban J connectivity index is 3.57. The van der Waals surface area contributed by atoms with Crippen molar-refractivity contribution in [2.45, 2.75) is 4.90 Å². The van der Waals surface area contributed by atoms with E-state index < -0.39 is 10.1 Å². The first-order chi connectivity index (χ1) is 5.82. The molecule has 0 saturated carbocycles. The summed E-state index contributed by atoms with van der Waals surface area (Å²) in [5.41, 5.74) is 0. The predicted molar refractivity (Wildman–Crippen MR) is 72.6 cm³/mol. The molecule has 0 atom stereocenters. The summed E-state index contributed by atoms with van der Waals surface area (Å²) in [7, 11) is -4.35. The molecule has 7 heteroatoms. The first kappa shape index (κ1) is 12.4. The lowest BCUT2D eigenvalue weighted by atomic mass is 10.4. The second kappa shape index (κ2) is 4.45. The maximum absolute atomic E-state index is 10.8. The highest BCUT2D eigenvalue weighted by molar-refractivity contribution is 14.1. The average Bonchev–Trinajstić information content (AvgIpc) is 1.78. The molecule has 0 amide bonds. The normalized spacial score (nSPS) is 11.7. The molecular weight excluding hydrogens is 533 g/mol. The fourth-order valence-electron chi connectivity index (χ4n) is 0.768. The van der Waals surface area contributed by atoms with Crippen LogP contribution in [0.15, 0.2) is 17.0 Å². The van der Waals surface area contributed by atoms with Crippen molar-refractivity contribution < 1.29 is 13.0 Å². The number of hydrogen-bond acceptors (Lipinski definition) is 3. The van der Waals surface area contributed by atoms with E-state index in [9.17, 15) is 13.0 Å². The van der Waals surface area contributed by atoms with Gasteiger partial charge in [0, 0.05) is 10.7 Å². The molecule has 0 spiro atoms. The van der Waals surface area contributed by atoms with E-state index in [0.29, 0.717) is 7.14 Å². The van der Waals surface area contributed by atoms with Crippen LogP contribution in [0.25, 0.3) is 0 Å². The molecule has 1 aromatic carbocycles. The van der Waals surface area contributed by atoms with Gasteiger partial charge in [-0.25, -0.2) is 8.42 Å². The van der Waals surface area contributed by atoms with Crippen LogP contribution in [0, 0.1) is 10.7 Å². The Morgan fingerprint density at radius 1 is 1.08 bits per heavy atom. The van der Waals surface area contributed by atoms with Crippen LogP contribution < -0.4 is 0 Å². The maximum atomic E-state index is 10.8. The molecule has 0 aliphatic carbocycles. The molecule has 0 fully saturated rings. The Morgan fingerprint density at radius 3 is 1.77 bits per heavy atom. The van der Waals surface area contributed by atoms with Crippen molar-refractivity contribution in [1.29, 1.82) is 0 Å². The lowest BCUT2D eigenvalue weighted by molar-refractivity contribution is 0.462. The van der Waals surface area contributed by atoms with Gasteiger partial charge in [-0.1, -0.05) is 0 Å². The van der Waals surface area contributed by atoms with Gasteiger partial charge in [-0.15, -0.1) is 0 Å². The van der Waals surface area contributed by atoms with Crippen LogP contribution in [-0.4, -0.2) is 13.0 Å². The second-order valence-corrected chi connectivity index (χ2v) is 7.04. The Labute approximate surface area is 117 Å². The predicted octanol–water partition coefficient (Wildman–Crippen LogP) is 2.40. The highest BCUT2D eigenvalue weighted by Crippen LogP contribution is 2.26. The van der Waals surface area contributed by atoms with E-state index in [1.807, 2.05) is 45.2 Å². The molecule has 0 N–H and O–H groups in total. The molecule has 0 bridgehead atoms. The summed E-state index contributed by atoms with van der Waals surface area (Å²) < 4.78 is 34.3.